The summed E-state index contributed by atoms with van der Waals surface area (Å²) >= 11 is 0. The van der Waals surface area contributed by atoms with Gasteiger partial charge in [-0.25, -0.2) is 14.8 Å². The molecular weight excluding hydrogens is 399 g/mol. The molecule has 0 aromatic carbocycles. The second-order valence-corrected chi connectivity index (χ2v) is 7.94. The number of nitrogens with zero attached hydrogens (tertiary/aromatic N) is 6. The molecule has 2 atom stereocenters. The largest absolute Gasteiger partial charge is 0.419 e. The van der Waals surface area contributed by atoms with Crippen molar-refractivity contribution in [2.24, 2.45) is 0 Å². The van der Waals surface area contributed by atoms with Gasteiger partial charge in [0, 0.05) is 56.7 Å². The van der Waals surface area contributed by atoms with Crippen molar-refractivity contribution >= 4 is 12.0 Å². The van der Waals surface area contributed by atoms with Crippen molar-refractivity contribution in [2.45, 2.75) is 51.0 Å². The molecule has 0 saturated carbocycles. The van der Waals surface area contributed by atoms with Crippen LogP contribution in [0.15, 0.2) is 12.4 Å². The lowest BCUT2D eigenvalue weighted by Gasteiger charge is -2.45. The van der Waals surface area contributed by atoms with Crippen LogP contribution in [0.2, 0.25) is 0 Å². The number of amides is 2. The van der Waals surface area contributed by atoms with Crippen LogP contribution in [0, 0.1) is 11.3 Å². The van der Waals surface area contributed by atoms with E-state index < -0.39 is 11.7 Å². The molecular formula is C19H26F3N7O. The molecule has 1 N–H and O–H groups in total. The van der Waals surface area contributed by atoms with Crippen molar-refractivity contribution < 1.29 is 18.0 Å². The molecule has 164 valence electrons. The molecule has 3 heterocycles. The number of nitrogens with one attached hydrogen (secondary N) is 1. The number of nitriles is 1. The number of anilines is 1. The molecule has 2 aliphatic rings. The molecule has 0 bridgehead atoms. The molecule has 2 amide bonds. The molecule has 0 spiro atoms. The maximum absolute atomic E-state index is 12.9. The zero-order valence-electron chi connectivity index (χ0n) is 17.1. The number of hydrogen-bond donors (Lipinski definition) is 1. The molecule has 30 heavy (non-hydrogen) atoms. The van der Waals surface area contributed by atoms with E-state index in [2.05, 4.69) is 26.3 Å². The summed E-state index contributed by atoms with van der Waals surface area (Å²) in [6, 6.07) is 1.77. The summed E-state index contributed by atoms with van der Waals surface area (Å²) < 4.78 is 38.2. The Kier molecular flexibility index (Phi) is 6.65. The minimum Gasteiger partial charge on any atom is -0.337 e. The van der Waals surface area contributed by atoms with Gasteiger partial charge in [-0.15, -0.1) is 0 Å². The molecule has 1 aromatic rings. The van der Waals surface area contributed by atoms with Crippen LogP contribution in [0.3, 0.4) is 0 Å². The van der Waals surface area contributed by atoms with Crippen molar-refractivity contribution in [2.75, 3.05) is 37.6 Å². The minimum absolute atomic E-state index is 0.0723. The first-order valence-electron chi connectivity index (χ1n) is 10.0. The summed E-state index contributed by atoms with van der Waals surface area (Å²) in [7, 11) is 0. The summed E-state index contributed by atoms with van der Waals surface area (Å²) in [6.07, 6.45) is -1.30. The maximum Gasteiger partial charge on any atom is 0.419 e. The monoisotopic (exact) mass is 425 g/mol. The number of carbonyl (C=O) groups excluding carboxylic acids is 1. The van der Waals surface area contributed by atoms with E-state index in [9.17, 15) is 18.0 Å². The predicted molar refractivity (Wildman–Crippen MR) is 104 cm³/mol. The third kappa shape index (κ3) is 5.11. The van der Waals surface area contributed by atoms with Gasteiger partial charge < -0.3 is 15.1 Å². The Morgan fingerprint density at radius 2 is 1.77 bits per heavy atom. The highest BCUT2D eigenvalue weighted by Gasteiger charge is 2.36. The van der Waals surface area contributed by atoms with Gasteiger partial charge in [-0.05, 0) is 26.7 Å². The van der Waals surface area contributed by atoms with E-state index in [1.54, 1.807) is 9.80 Å². The van der Waals surface area contributed by atoms with Crippen LogP contribution in [-0.2, 0) is 6.18 Å². The fourth-order valence-electron chi connectivity index (χ4n) is 4.10. The van der Waals surface area contributed by atoms with Crippen LogP contribution in [0.25, 0.3) is 0 Å². The van der Waals surface area contributed by atoms with Gasteiger partial charge in [-0.3, -0.25) is 4.90 Å². The Balaban J connectivity index is 1.57. The second kappa shape index (κ2) is 9.04. The molecule has 2 saturated heterocycles. The van der Waals surface area contributed by atoms with Crippen molar-refractivity contribution in [1.82, 2.24) is 25.1 Å². The molecule has 11 heteroatoms. The molecule has 1 aromatic heterocycles. The van der Waals surface area contributed by atoms with Crippen molar-refractivity contribution in [3.05, 3.63) is 18.0 Å². The fourth-order valence-corrected chi connectivity index (χ4v) is 4.10. The average molecular weight is 425 g/mol. The van der Waals surface area contributed by atoms with Gasteiger partial charge in [0.1, 0.15) is 0 Å². The molecule has 2 aliphatic heterocycles. The number of urea groups is 1. The number of likely N-dealkylation sites (tertiary alicyclic amines) is 1. The number of rotatable bonds is 3. The molecule has 8 nitrogen and oxygen atoms in total. The van der Waals surface area contributed by atoms with Crippen molar-refractivity contribution in [3.8, 4) is 6.07 Å². The fraction of sp³-hybridized carbons (Fsp3) is 0.684. The molecule has 0 aliphatic carbocycles. The highest BCUT2D eigenvalue weighted by molar-refractivity contribution is 5.75. The van der Waals surface area contributed by atoms with Crippen LogP contribution in [0.4, 0.5) is 23.9 Å². The first-order chi connectivity index (χ1) is 14.2. The number of piperidine rings is 1. The smallest absolute Gasteiger partial charge is 0.337 e. The van der Waals surface area contributed by atoms with Crippen LogP contribution < -0.4 is 10.2 Å². The van der Waals surface area contributed by atoms with Crippen LogP contribution in [0.1, 0.15) is 32.3 Å². The van der Waals surface area contributed by atoms with E-state index in [0.29, 0.717) is 19.6 Å². The highest BCUT2D eigenvalue weighted by Crippen LogP contribution is 2.29. The lowest BCUT2D eigenvalue weighted by Crippen LogP contribution is -2.62. The number of halogens is 3. The number of aromatic nitrogens is 2. The summed E-state index contributed by atoms with van der Waals surface area (Å²) in [5.41, 5.74) is -0.883. The Labute approximate surface area is 173 Å². The lowest BCUT2D eigenvalue weighted by molar-refractivity contribution is -0.138. The van der Waals surface area contributed by atoms with E-state index in [4.69, 9.17) is 5.26 Å². The van der Waals surface area contributed by atoms with Gasteiger partial charge in [0.15, 0.2) is 0 Å². The van der Waals surface area contributed by atoms with Crippen LogP contribution in [-0.4, -0.2) is 76.6 Å². The second-order valence-electron chi connectivity index (χ2n) is 7.94. The quantitative estimate of drug-likeness (QED) is 0.747. The van der Waals surface area contributed by atoms with Gasteiger partial charge in [-0.2, -0.15) is 18.4 Å². The van der Waals surface area contributed by atoms with Crippen LogP contribution >= 0.6 is 0 Å². The zero-order chi connectivity index (χ0) is 21.9. The van der Waals surface area contributed by atoms with Gasteiger partial charge in [0.25, 0.3) is 0 Å². The summed E-state index contributed by atoms with van der Waals surface area (Å²) in [5, 5.41) is 11.9. The number of alkyl halides is 3. The summed E-state index contributed by atoms with van der Waals surface area (Å²) in [5.74, 6) is 0.228. The Morgan fingerprint density at radius 3 is 2.27 bits per heavy atom. The standard InChI is InChI=1S/C19H26F3N7O/c1-13-11-28(17-24-9-15(10-25-17)19(20,21)22)12-14(2)29(13)18(30)26-16-3-6-27(7-4-16)8-5-23/h9-10,13-14,16H,3-4,6-8,11-12H2,1-2H3,(H,26,30)/t13-,14+. The van der Waals surface area contributed by atoms with Gasteiger partial charge in [0.2, 0.25) is 5.95 Å². The Bertz CT molecular complexity index is 760. The maximum atomic E-state index is 12.9. The molecule has 2 fully saturated rings. The average Bonchev–Trinajstić information content (AvgIpc) is 2.68. The van der Waals surface area contributed by atoms with E-state index >= 15 is 0 Å². The number of piperazine rings is 1. The lowest BCUT2D eigenvalue weighted by atomic mass is 10.0. The van der Waals surface area contributed by atoms with E-state index in [0.717, 1.165) is 38.3 Å². The first-order valence-corrected chi connectivity index (χ1v) is 10.0. The first kappa shape index (κ1) is 22.1. The number of carbonyl (C=O) groups is 1. The number of hydrogen-bond acceptors (Lipinski definition) is 6. The Morgan fingerprint density at radius 1 is 1.20 bits per heavy atom. The predicted octanol–water partition coefficient (Wildman–Crippen LogP) is 2.09. The van der Waals surface area contributed by atoms with E-state index in [1.165, 1.54) is 0 Å². The summed E-state index contributed by atoms with van der Waals surface area (Å²) in [6.45, 7) is 6.64. The van der Waals surface area contributed by atoms with Crippen LogP contribution in [0.5, 0.6) is 0 Å². The van der Waals surface area contributed by atoms with Crippen molar-refractivity contribution in [1.29, 1.82) is 5.26 Å². The van der Waals surface area contributed by atoms with Crippen molar-refractivity contribution in [3.63, 3.8) is 0 Å². The third-order valence-corrected chi connectivity index (χ3v) is 5.61. The van der Waals surface area contributed by atoms with Gasteiger partial charge in [0.05, 0.1) is 18.2 Å². The van der Waals surface area contributed by atoms with Gasteiger partial charge in [-0.1, -0.05) is 0 Å². The zero-order valence-corrected chi connectivity index (χ0v) is 17.1. The Hall–Kier alpha value is -2.61. The normalized spacial score (nSPS) is 23.9. The summed E-state index contributed by atoms with van der Waals surface area (Å²) in [4.78, 5) is 26.3. The topological polar surface area (TPSA) is 88.4 Å². The third-order valence-electron chi connectivity index (χ3n) is 5.61. The molecule has 0 radical (unpaired) electrons. The molecule has 0 unspecified atom stereocenters. The minimum atomic E-state index is -4.47. The van der Waals surface area contributed by atoms with E-state index in [-0.39, 0.29) is 30.1 Å². The van der Waals surface area contributed by atoms with E-state index in [1.807, 2.05) is 13.8 Å². The SMILES string of the molecule is C[C@@H]1CN(c2ncc(C(F)(F)F)cn2)C[C@H](C)N1C(=O)NC1CCN(CC#N)CC1. The van der Waals surface area contributed by atoms with Gasteiger partial charge >= 0.3 is 12.2 Å². The molecule has 3 rings (SSSR count). The highest BCUT2D eigenvalue weighted by atomic mass is 19.4.